The summed E-state index contributed by atoms with van der Waals surface area (Å²) in [6, 6.07) is 9.65. The third-order valence-corrected chi connectivity index (χ3v) is 2.62. The Bertz CT molecular complexity index is 466. The monoisotopic (exact) mass is 227 g/mol. The van der Waals surface area contributed by atoms with Crippen molar-refractivity contribution in [2.45, 2.75) is 19.3 Å². The number of hydrogen-bond acceptors (Lipinski definition) is 2. The molecule has 1 aliphatic rings. The zero-order chi connectivity index (χ0) is 12.1. The minimum Gasteiger partial charge on any atom is -0.282 e. The molecule has 0 aromatic heterocycles. The van der Waals surface area contributed by atoms with Gasteiger partial charge in [0.1, 0.15) is 0 Å². The first kappa shape index (κ1) is 11.4. The molecule has 1 heterocycles. The minimum atomic E-state index is -0.0727. The van der Waals surface area contributed by atoms with Crippen molar-refractivity contribution in [3.8, 4) is 11.8 Å². The first-order valence-corrected chi connectivity index (χ1v) is 5.64. The SMILES string of the molecule is O=C1CCC(=O)N1CCC#Cc1ccccc1. The van der Waals surface area contributed by atoms with E-state index in [-0.39, 0.29) is 11.8 Å². The lowest BCUT2D eigenvalue weighted by molar-refractivity contribution is -0.138. The van der Waals surface area contributed by atoms with Crippen LogP contribution in [0.15, 0.2) is 30.3 Å². The highest BCUT2D eigenvalue weighted by atomic mass is 16.2. The maximum atomic E-state index is 11.3. The molecule has 0 atom stereocenters. The Labute approximate surface area is 100 Å². The second-order valence-corrected chi connectivity index (χ2v) is 3.86. The number of carbonyl (C=O) groups is 2. The highest BCUT2D eigenvalue weighted by Gasteiger charge is 2.27. The van der Waals surface area contributed by atoms with Crippen LogP contribution in [0.5, 0.6) is 0 Å². The van der Waals surface area contributed by atoms with Gasteiger partial charge in [0.25, 0.3) is 0 Å². The summed E-state index contributed by atoms with van der Waals surface area (Å²) in [4.78, 5) is 23.9. The molecule has 3 heteroatoms. The minimum absolute atomic E-state index is 0.0727. The summed E-state index contributed by atoms with van der Waals surface area (Å²) < 4.78 is 0. The van der Waals surface area contributed by atoms with Gasteiger partial charge in [0.15, 0.2) is 0 Å². The molecule has 2 rings (SSSR count). The van der Waals surface area contributed by atoms with Crippen LogP contribution in [0.4, 0.5) is 0 Å². The number of hydrogen-bond donors (Lipinski definition) is 0. The fourth-order valence-corrected chi connectivity index (χ4v) is 1.73. The van der Waals surface area contributed by atoms with Gasteiger partial charge in [-0.15, -0.1) is 0 Å². The van der Waals surface area contributed by atoms with Gasteiger partial charge in [-0.25, -0.2) is 0 Å². The van der Waals surface area contributed by atoms with Crippen molar-refractivity contribution in [3.05, 3.63) is 35.9 Å². The van der Waals surface area contributed by atoms with E-state index >= 15 is 0 Å². The summed E-state index contributed by atoms with van der Waals surface area (Å²) in [5.41, 5.74) is 0.951. The Morgan fingerprint density at radius 3 is 2.35 bits per heavy atom. The van der Waals surface area contributed by atoms with Crippen molar-refractivity contribution < 1.29 is 9.59 Å². The molecule has 0 radical (unpaired) electrons. The van der Waals surface area contributed by atoms with Crippen molar-refractivity contribution >= 4 is 11.8 Å². The standard InChI is InChI=1S/C14H13NO2/c16-13-9-10-14(17)15(13)11-5-4-8-12-6-2-1-3-7-12/h1-3,6-7H,5,9-11H2. The van der Waals surface area contributed by atoms with Gasteiger partial charge in [-0.05, 0) is 12.1 Å². The molecule has 1 aromatic carbocycles. The van der Waals surface area contributed by atoms with Gasteiger partial charge in [0, 0.05) is 31.4 Å². The molecule has 1 aliphatic heterocycles. The van der Waals surface area contributed by atoms with Gasteiger partial charge in [0.2, 0.25) is 11.8 Å². The highest BCUT2D eigenvalue weighted by molar-refractivity contribution is 6.01. The third-order valence-electron chi connectivity index (χ3n) is 2.62. The maximum Gasteiger partial charge on any atom is 0.229 e. The smallest absolute Gasteiger partial charge is 0.229 e. The summed E-state index contributed by atoms with van der Waals surface area (Å²) >= 11 is 0. The number of nitrogens with zero attached hydrogens (tertiary/aromatic N) is 1. The Hall–Kier alpha value is -2.08. The number of imide groups is 1. The predicted molar refractivity (Wildman–Crippen MR) is 63.9 cm³/mol. The molecule has 0 N–H and O–H groups in total. The molecule has 17 heavy (non-hydrogen) atoms. The average molecular weight is 227 g/mol. The average Bonchev–Trinajstić information content (AvgIpc) is 2.67. The zero-order valence-electron chi connectivity index (χ0n) is 9.48. The van der Waals surface area contributed by atoms with Crippen molar-refractivity contribution in [1.82, 2.24) is 4.90 Å². The summed E-state index contributed by atoms with van der Waals surface area (Å²) in [5.74, 6) is 5.83. The molecular weight excluding hydrogens is 214 g/mol. The second kappa shape index (κ2) is 5.31. The molecule has 0 aliphatic carbocycles. The molecule has 1 aromatic rings. The Morgan fingerprint density at radius 1 is 1.06 bits per heavy atom. The Balaban J connectivity index is 1.86. The second-order valence-electron chi connectivity index (χ2n) is 3.86. The van der Waals surface area contributed by atoms with Crippen LogP contribution in [0.1, 0.15) is 24.8 Å². The summed E-state index contributed by atoms with van der Waals surface area (Å²) in [7, 11) is 0. The van der Waals surface area contributed by atoms with E-state index < -0.39 is 0 Å². The molecule has 1 fully saturated rings. The number of benzene rings is 1. The molecular formula is C14H13NO2. The molecule has 1 saturated heterocycles. The number of amides is 2. The van der Waals surface area contributed by atoms with E-state index in [4.69, 9.17) is 0 Å². The van der Waals surface area contributed by atoms with Gasteiger partial charge >= 0.3 is 0 Å². The van der Waals surface area contributed by atoms with E-state index in [2.05, 4.69) is 11.8 Å². The molecule has 3 nitrogen and oxygen atoms in total. The van der Waals surface area contributed by atoms with Crippen LogP contribution in [0, 0.1) is 11.8 Å². The van der Waals surface area contributed by atoms with E-state index in [0.717, 1.165) is 5.56 Å². The number of carbonyl (C=O) groups excluding carboxylic acids is 2. The van der Waals surface area contributed by atoms with E-state index in [1.54, 1.807) is 0 Å². The lowest BCUT2D eigenvalue weighted by Gasteiger charge is -2.10. The Kier molecular flexibility index (Phi) is 3.56. The number of rotatable bonds is 2. The van der Waals surface area contributed by atoms with Crippen molar-refractivity contribution in [1.29, 1.82) is 0 Å². The zero-order valence-corrected chi connectivity index (χ0v) is 9.48. The van der Waals surface area contributed by atoms with Crippen molar-refractivity contribution in [2.24, 2.45) is 0 Å². The fraction of sp³-hybridized carbons (Fsp3) is 0.286. The summed E-state index contributed by atoms with van der Waals surface area (Å²) in [5, 5.41) is 0. The van der Waals surface area contributed by atoms with Crippen LogP contribution < -0.4 is 0 Å². The first-order chi connectivity index (χ1) is 8.27. The normalized spacial score (nSPS) is 14.7. The quantitative estimate of drug-likeness (QED) is 0.568. The molecule has 2 amide bonds. The maximum absolute atomic E-state index is 11.3. The van der Waals surface area contributed by atoms with E-state index in [0.29, 0.717) is 25.8 Å². The van der Waals surface area contributed by atoms with Gasteiger partial charge in [-0.1, -0.05) is 30.0 Å². The van der Waals surface area contributed by atoms with Gasteiger partial charge in [0.05, 0.1) is 0 Å². The van der Waals surface area contributed by atoms with Crippen LogP contribution in [0.2, 0.25) is 0 Å². The molecule has 0 unspecified atom stereocenters. The highest BCUT2D eigenvalue weighted by Crippen LogP contribution is 2.11. The lowest BCUT2D eigenvalue weighted by atomic mass is 10.2. The fourth-order valence-electron chi connectivity index (χ4n) is 1.73. The predicted octanol–water partition coefficient (Wildman–Crippen LogP) is 1.58. The molecule has 86 valence electrons. The lowest BCUT2D eigenvalue weighted by Crippen LogP contribution is -2.29. The molecule has 0 saturated carbocycles. The van der Waals surface area contributed by atoms with Gasteiger partial charge in [-0.3, -0.25) is 14.5 Å². The summed E-state index contributed by atoms with van der Waals surface area (Å²) in [6.07, 6.45) is 1.24. The van der Waals surface area contributed by atoms with E-state index in [1.807, 2.05) is 30.3 Å². The van der Waals surface area contributed by atoms with Crippen LogP contribution in [-0.4, -0.2) is 23.3 Å². The van der Waals surface area contributed by atoms with Crippen molar-refractivity contribution in [2.75, 3.05) is 6.54 Å². The molecule has 0 bridgehead atoms. The third kappa shape index (κ3) is 2.94. The number of likely N-dealkylation sites (tertiary alicyclic amines) is 1. The van der Waals surface area contributed by atoms with Crippen LogP contribution >= 0.6 is 0 Å². The van der Waals surface area contributed by atoms with Gasteiger partial charge in [-0.2, -0.15) is 0 Å². The molecule has 0 spiro atoms. The van der Waals surface area contributed by atoms with Crippen LogP contribution in [0.25, 0.3) is 0 Å². The first-order valence-electron chi connectivity index (χ1n) is 5.64. The van der Waals surface area contributed by atoms with Crippen LogP contribution in [0.3, 0.4) is 0 Å². The summed E-state index contributed by atoms with van der Waals surface area (Å²) in [6.45, 7) is 0.414. The topological polar surface area (TPSA) is 37.4 Å². The van der Waals surface area contributed by atoms with Crippen LogP contribution in [-0.2, 0) is 9.59 Å². The van der Waals surface area contributed by atoms with E-state index in [9.17, 15) is 9.59 Å². The largest absolute Gasteiger partial charge is 0.282 e. The van der Waals surface area contributed by atoms with Gasteiger partial charge < -0.3 is 0 Å². The van der Waals surface area contributed by atoms with Crippen molar-refractivity contribution in [3.63, 3.8) is 0 Å². The van der Waals surface area contributed by atoms with E-state index in [1.165, 1.54) is 4.90 Å². The Morgan fingerprint density at radius 2 is 1.71 bits per heavy atom.